The van der Waals surface area contributed by atoms with Gasteiger partial charge < -0.3 is 5.11 Å². The molecule has 0 heterocycles. The van der Waals surface area contributed by atoms with Gasteiger partial charge in [0, 0.05) is 11.5 Å². The first-order valence-electron chi connectivity index (χ1n) is 2.29. The first kappa shape index (κ1) is 8.40. The van der Waals surface area contributed by atoms with Crippen LogP contribution in [0.5, 0.6) is 0 Å². The Kier molecular flexibility index (Phi) is 4.51. The molecule has 0 aromatic rings. The molecule has 0 rings (SSSR count). The van der Waals surface area contributed by atoms with Crippen molar-refractivity contribution in [2.45, 2.75) is 6.10 Å². The van der Waals surface area contributed by atoms with Crippen molar-refractivity contribution in [3.05, 3.63) is 12.2 Å². The second-order valence-corrected chi connectivity index (χ2v) is 2.20. The molecule has 0 aromatic carbocycles. The average Bonchev–Trinajstić information content (AvgIpc) is 1.84. The minimum atomic E-state index is -0.490. The van der Waals surface area contributed by atoms with E-state index in [1.54, 1.807) is 0 Å². The molecule has 0 fully saturated rings. The Balaban J connectivity index is 3.46. The molecule has 0 aromatic heterocycles. The van der Waals surface area contributed by atoms with Crippen molar-refractivity contribution in [3.63, 3.8) is 0 Å². The van der Waals surface area contributed by atoms with E-state index in [1.165, 1.54) is 0 Å². The first-order valence-corrected chi connectivity index (χ1v) is 3.56. The molecule has 0 spiro atoms. The zero-order valence-corrected chi connectivity index (χ0v) is 6.33. The van der Waals surface area contributed by atoms with Gasteiger partial charge in [-0.2, -0.15) is 25.3 Å². The summed E-state index contributed by atoms with van der Waals surface area (Å²) in [4.78, 5) is 0. The quantitative estimate of drug-likeness (QED) is 0.401. The van der Waals surface area contributed by atoms with Gasteiger partial charge in [0.15, 0.2) is 0 Å². The number of aliphatic hydroxyl groups is 1. The number of thiol groups is 2. The SMILES string of the molecule is C=C(CS)[C@H](O)CS. The molecule has 48 valence electrons. The molecule has 0 bridgehead atoms. The molecule has 0 amide bonds. The Morgan fingerprint density at radius 2 is 2.12 bits per heavy atom. The monoisotopic (exact) mass is 150 g/mol. The van der Waals surface area contributed by atoms with Crippen LogP contribution in [0.25, 0.3) is 0 Å². The highest BCUT2D eigenvalue weighted by Crippen LogP contribution is 2.01. The van der Waals surface area contributed by atoms with Crippen molar-refractivity contribution in [1.82, 2.24) is 0 Å². The van der Waals surface area contributed by atoms with Crippen LogP contribution in [0.15, 0.2) is 12.2 Å². The van der Waals surface area contributed by atoms with E-state index in [0.717, 1.165) is 5.57 Å². The molecule has 0 aliphatic heterocycles. The molecular formula is C5H10OS2. The number of hydrogen-bond acceptors (Lipinski definition) is 3. The third-order valence-electron chi connectivity index (χ3n) is 0.847. The lowest BCUT2D eigenvalue weighted by molar-refractivity contribution is 0.238. The Morgan fingerprint density at radius 1 is 1.62 bits per heavy atom. The highest BCUT2D eigenvalue weighted by molar-refractivity contribution is 7.80. The van der Waals surface area contributed by atoms with Gasteiger partial charge in [0.1, 0.15) is 0 Å². The van der Waals surface area contributed by atoms with E-state index in [0.29, 0.717) is 11.5 Å². The van der Waals surface area contributed by atoms with Crippen LogP contribution in [0.2, 0.25) is 0 Å². The summed E-state index contributed by atoms with van der Waals surface area (Å²) in [5, 5.41) is 8.90. The summed E-state index contributed by atoms with van der Waals surface area (Å²) >= 11 is 7.78. The molecule has 8 heavy (non-hydrogen) atoms. The molecule has 0 aliphatic rings. The Bertz CT molecular complexity index is 82.5. The van der Waals surface area contributed by atoms with Crippen molar-refractivity contribution in [2.24, 2.45) is 0 Å². The van der Waals surface area contributed by atoms with Gasteiger partial charge in [-0.1, -0.05) is 6.58 Å². The van der Waals surface area contributed by atoms with Crippen LogP contribution >= 0.6 is 25.3 Å². The fraction of sp³-hybridized carbons (Fsp3) is 0.600. The number of aliphatic hydroxyl groups excluding tert-OH is 1. The van der Waals surface area contributed by atoms with Crippen LogP contribution in [0.3, 0.4) is 0 Å². The largest absolute Gasteiger partial charge is 0.388 e. The van der Waals surface area contributed by atoms with Gasteiger partial charge in [0.25, 0.3) is 0 Å². The van der Waals surface area contributed by atoms with Gasteiger partial charge in [-0.15, -0.1) is 0 Å². The molecule has 0 saturated heterocycles. The van der Waals surface area contributed by atoms with Crippen LogP contribution in [0.1, 0.15) is 0 Å². The minimum Gasteiger partial charge on any atom is -0.388 e. The Morgan fingerprint density at radius 3 is 2.25 bits per heavy atom. The molecule has 1 atom stereocenters. The fourth-order valence-electron chi connectivity index (χ4n) is 0.234. The van der Waals surface area contributed by atoms with Crippen LogP contribution in [-0.2, 0) is 0 Å². The van der Waals surface area contributed by atoms with Gasteiger partial charge in [0.2, 0.25) is 0 Å². The lowest BCUT2D eigenvalue weighted by Crippen LogP contribution is -2.11. The molecule has 0 saturated carbocycles. The van der Waals surface area contributed by atoms with Gasteiger partial charge in [0.05, 0.1) is 6.10 Å². The van der Waals surface area contributed by atoms with E-state index in [-0.39, 0.29) is 0 Å². The van der Waals surface area contributed by atoms with Gasteiger partial charge in [-0.05, 0) is 5.57 Å². The third-order valence-corrected chi connectivity index (χ3v) is 1.60. The van der Waals surface area contributed by atoms with Crippen LogP contribution < -0.4 is 0 Å². The summed E-state index contributed by atoms with van der Waals surface area (Å²) in [6, 6.07) is 0. The number of rotatable bonds is 3. The fourth-order valence-corrected chi connectivity index (χ4v) is 0.703. The lowest BCUT2D eigenvalue weighted by Gasteiger charge is -2.06. The van der Waals surface area contributed by atoms with Gasteiger partial charge in [-0.25, -0.2) is 0 Å². The van der Waals surface area contributed by atoms with Crippen molar-refractivity contribution in [2.75, 3.05) is 11.5 Å². The van der Waals surface area contributed by atoms with E-state index in [1.807, 2.05) is 0 Å². The highest BCUT2D eigenvalue weighted by atomic mass is 32.1. The van der Waals surface area contributed by atoms with Crippen molar-refractivity contribution in [1.29, 1.82) is 0 Å². The second-order valence-electron chi connectivity index (χ2n) is 1.51. The topological polar surface area (TPSA) is 20.2 Å². The van der Waals surface area contributed by atoms with Gasteiger partial charge in [-0.3, -0.25) is 0 Å². The van der Waals surface area contributed by atoms with Gasteiger partial charge >= 0.3 is 0 Å². The van der Waals surface area contributed by atoms with E-state index in [2.05, 4.69) is 31.8 Å². The Hall–Kier alpha value is 0.400. The predicted molar refractivity (Wildman–Crippen MR) is 42.9 cm³/mol. The highest BCUT2D eigenvalue weighted by Gasteiger charge is 2.02. The summed E-state index contributed by atoms with van der Waals surface area (Å²) in [5.41, 5.74) is 0.725. The molecule has 0 unspecified atom stereocenters. The third kappa shape index (κ3) is 2.64. The predicted octanol–water partition coefficient (Wildman–Crippen LogP) is 0.763. The summed E-state index contributed by atoms with van der Waals surface area (Å²) in [6.45, 7) is 3.57. The molecular weight excluding hydrogens is 140 g/mol. The smallest absolute Gasteiger partial charge is 0.0843 e. The van der Waals surface area contributed by atoms with Crippen molar-refractivity contribution in [3.8, 4) is 0 Å². The molecule has 3 heteroatoms. The standard InChI is InChI=1S/C5H10OS2/c1-4(2-7)5(6)3-8/h5-8H,1-3H2/t5-/m1/s1. The van der Waals surface area contributed by atoms with Crippen LogP contribution in [-0.4, -0.2) is 22.7 Å². The maximum Gasteiger partial charge on any atom is 0.0843 e. The van der Waals surface area contributed by atoms with E-state index in [4.69, 9.17) is 5.11 Å². The molecule has 0 aliphatic carbocycles. The zero-order chi connectivity index (χ0) is 6.57. The van der Waals surface area contributed by atoms with Crippen molar-refractivity contribution < 1.29 is 5.11 Å². The summed E-state index contributed by atoms with van der Waals surface area (Å²) in [5.74, 6) is 0.959. The van der Waals surface area contributed by atoms with Crippen LogP contribution in [0.4, 0.5) is 0 Å². The normalized spacial score (nSPS) is 13.4. The van der Waals surface area contributed by atoms with Crippen molar-refractivity contribution >= 4 is 25.3 Å². The molecule has 0 radical (unpaired) electrons. The van der Waals surface area contributed by atoms with Crippen LogP contribution in [0, 0.1) is 0 Å². The molecule has 1 N–H and O–H groups in total. The second kappa shape index (κ2) is 4.30. The lowest BCUT2D eigenvalue weighted by atomic mass is 10.2. The summed E-state index contributed by atoms with van der Waals surface area (Å²) < 4.78 is 0. The maximum absolute atomic E-state index is 8.90. The average molecular weight is 150 g/mol. The molecule has 1 nitrogen and oxygen atoms in total. The number of hydrogen-bond donors (Lipinski definition) is 3. The maximum atomic E-state index is 8.90. The van der Waals surface area contributed by atoms with E-state index >= 15 is 0 Å². The Labute approximate surface area is 60.6 Å². The van der Waals surface area contributed by atoms with E-state index < -0.39 is 6.10 Å². The summed E-state index contributed by atoms with van der Waals surface area (Å²) in [6.07, 6.45) is -0.490. The minimum absolute atomic E-state index is 0.430. The first-order chi connectivity index (χ1) is 3.72. The van der Waals surface area contributed by atoms with E-state index in [9.17, 15) is 0 Å². The summed E-state index contributed by atoms with van der Waals surface area (Å²) in [7, 11) is 0. The zero-order valence-electron chi connectivity index (χ0n) is 4.54.